The molecule has 1 heterocycles. The number of benzene rings is 1. The average molecular weight is 414 g/mol. The molecular weight excluding hydrogens is 401 g/mol. The van der Waals surface area contributed by atoms with Crippen molar-refractivity contribution in [2.75, 3.05) is 12.4 Å². The van der Waals surface area contributed by atoms with Gasteiger partial charge in [0.1, 0.15) is 11.6 Å². The number of rotatable bonds is 4. The first-order valence-electron chi connectivity index (χ1n) is 6.46. The van der Waals surface area contributed by atoms with Crippen molar-refractivity contribution in [1.82, 2.24) is 9.97 Å². The molecule has 1 aromatic heterocycles. The highest BCUT2D eigenvalue weighted by molar-refractivity contribution is 14.1. The molecule has 4 nitrogen and oxygen atoms in total. The van der Waals surface area contributed by atoms with Gasteiger partial charge in [0.15, 0.2) is 0 Å². The number of nitrogens with one attached hydrogen (secondary N) is 1. The van der Waals surface area contributed by atoms with Crippen LogP contribution < -0.4 is 10.1 Å². The van der Waals surface area contributed by atoms with Gasteiger partial charge in [0, 0.05) is 15.7 Å². The van der Waals surface area contributed by atoms with Crippen LogP contribution in [0.3, 0.4) is 0 Å². The number of methoxy groups -OCH3 is 1. The summed E-state index contributed by atoms with van der Waals surface area (Å²) < 4.78 is 6.28. The first-order chi connectivity index (χ1) is 10.2. The first kappa shape index (κ1) is 14.6. The molecule has 3 rings (SSSR count). The highest BCUT2D eigenvalue weighted by Crippen LogP contribution is 2.35. The second-order valence-electron chi connectivity index (χ2n) is 4.63. The van der Waals surface area contributed by atoms with Gasteiger partial charge in [0.05, 0.1) is 12.8 Å². The Balaban J connectivity index is 1.78. The number of nitrogens with zero attached hydrogens (tertiary/aromatic N) is 2. The van der Waals surface area contributed by atoms with Gasteiger partial charge in [0.2, 0.25) is 5.28 Å². The maximum Gasteiger partial charge on any atom is 0.224 e. The third-order valence-corrected chi connectivity index (χ3v) is 4.43. The Morgan fingerprint density at radius 2 is 2.05 bits per heavy atom. The van der Waals surface area contributed by atoms with E-state index in [0.29, 0.717) is 6.54 Å². The van der Waals surface area contributed by atoms with E-state index in [1.165, 1.54) is 0 Å². The third kappa shape index (κ3) is 3.13. The second-order valence-corrected chi connectivity index (χ2v) is 6.13. The minimum atomic E-state index is 0.274. The van der Waals surface area contributed by atoms with Crippen LogP contribution in [-0.2, 0) is 13.0 Å². The molecule has 0 fully saturated rings. The standard InChI is InChI=1S/C15H13ClIN3O/c1-21-10-4-2-9(3-5-10)8-18-14-11-6-7-12(17)13(11)19-15(16)20-14/h2-5,7H,6,8H2,1H3,(H,18,19,20). The van der Waals surface area contributed by atoms with Crippen molar-refractivity contribution in [3.8, 4) is 5.75 Å². The van der Waals surface area contributed by atoms with Gasteiger partial charge in [-0.25, -0.2) is 9.97 Å². The van der Waals surface area contributed by atoms with E-state index in [0.717, 1.165) is 38.4 Å². The summed E-state index contributed by atoms with van der Waals surface area (Å²) in [6.45, 7) is 0.681. The van der Waals surface area contributed by atoms with Crippen molar-refractivity contribution in [2.24, 2.45) is 0 Å². The van der Waals surface area contributed by atoms with Crippen LogP contribution in [0.5, 0.6) is 5.75 Å². The lowest BCUT2D eigenvalue weighted by atomic mass is 10.2. The topological polar surface area (TPSA) is 47.0 Å². The minimum Gasteiger partial charge on any atom is -0.497 e. The summed E-state index contributed by atoms with van der Waals surface area (Å²) in [5.74, 6) is 1.66. The molecule has 0 amide bonds. The zero-order chi connectivity index (χ0) is 14.8. The van der Waals surface area contributed by atoms with Crippen LogP contribution in [0.15, 0.2) is 30.3 Å². The van der Waals surface area contributed by atoms with Gasteiger partial charge in [-0.2, -0.15) is 0 Å². The number of fused-ring (bicyclic) bond motifs is 1. The number of ether oxygens (including phenoxy) is 1. The summed E-state index contributed by atoms with van der Waals surface area (Å²) in [6.07, 6.45) is 2.98. The van der Waals surface area contributed by atoms with E-state index < -0.39 is 0 Å². The molecule has 1 aliphatic carbocycles. The lowest BCUT2D eigenvalue weighted by molar-refractivity contribution is 0.414. The zero-order valence-corrected chi connectivity index (χ0v) is 14.3. The summed E-state index contributed by atoms with van der Waals surface area (Å²) in [5.41, 5.74) is 3.20. The van der Waals surface area contributed by atoms with Gasteiger partial charge in [0.25, 0.3) is 0 Å². The predicted octanol–water partition coefficient (Wildman–Crippen LogP) is 4.08. The summed E-state index contributed by atoms with van der Waals surface area (Å²) in [7, 11) is 1.66. The average Bonchev–Trinajstić information content (AvgIpc) is 2.87. The molecule has 1 N–H and O–H groups in total. The largest absolute Gasteiger partial charge is 0.497 e. The van der Waals surface area contributed by atoms with Crippen molar-refractivity contribution < 1.29 is 4.74 Å². The molecule has 0 bridgehead atoms. The molecule has 0 spiro atoms. The Hall–Kier alpha value is -1.34. The Kier molecular flexibility index (Phi) is 4.30. The van der Waals surface area contributed by atoms with E-state index in [4.69, 9.17) is 16.3 Å². The van der Waals surface area contributed by atoms with E-state index in [9.17, 15) is 0 Å². The van der Waals surface area contributed by atoms with Crippen LogP contribution in [0.4, 0.5) is 5.82 Å². The Morgan fingerprint density at radius 1 is 1.29 bits per heavy atom. The third-order valence-electron chi connectivity index (χ3n) is 3.31. The summed E-state index contributed by atoms with van der Waals surface area (Å²) in [5, 5.41) is 3.62. The number of allylic oxidation sites excluding steroid dienone is 1. The van der Waals surface area contributed by atoms with E-state index in [-0.39, 0.29) is 5.28 Å². The maximum absolute atomic E-state index is 6.01. The van der Waals surface area contributed by atoms with Crippen LogP contribution in [0.2, 0.25) is 5.28 Å². The molecule has 108 valence electrons. The number of hydrogen-bond acceptors (Lipinski definition) is 4. The molecule has 0 saturated carbocycles. The molecule has 1 aromatic carbocycles. The Bertz CT molecular complexity index is 701. The van der Waals surface area contributed by atoms with Crippen molar-refractivity contribution in [3.63, 3.8) is 0 Å². The van der Waals surface area contributed by atoms with Crippen LogP contribution in [0, 0.1) is 0 Å². The van der Waals surface area contributed by atoms with E-state index in [1.54, 1.807) is 7.11 Å². The van der Waals surface area contributed by atoms with Gasteiger partial charge in [-0.15, -0.1) is 0 Å². The monoisotopic (exact) mass is 413 g/mol. The van der Waals surface area contributed by atoms with Crippen LogP contribution in [-0.4, -0.2) is 17.1 Å². The molecule has 2 aromatic rings. The number of anilines is 1. The van der Waals surface area contributed by atoms with Gasteiger partial charge < -0.3 is 10.1 Å². The van der Waals surface area contributed by atoms with Gasteiger partial charge >= 0.3 is 0 Å². The lowest BCUT2D eigenvalue weighted by Gasteiger charge is -2.11. The summed E-state index contributed by atoms with van der Waals surface area (Å²) >= 11 is 8.28. The van der Waals surface area contributed by atoms with E-state index >= 15 is 0 Å². The molecule has 0 radical (unpaired) electrons. The summed E-state index contributed by atoms with van der Waals surface area (Å²) in [6, 6.07) is 7.94. The molecule has 0 aliphatic heterocycles. The van der Waals surface area contributed by atoms with Crippen molar-refractivity contribution in [3.05, 3.63) is 52.4 Å². The fourth-order valence-corrected chi connectivity index (χ4v) is 3.05. The molecule has 1 aliphatic rings. The van der Waals surface area contributed by atoms with Crippen molar-refractivity contribution >= 4 is 43.6 Å². The van der Waals surface area contributed by atoms with Crippen molar-refractivity contribution in [2.45, 2.75) is 13.0 Å². The minimum absolute atomic E-state index is 0.274. The smallest absolute Gasteiger partial charge is 0.224 e. The zero-order valence-electron chi connectivity index (χ0n) is 11.4. The van der Waals surface area contributed by atoms with Crippen molar-refractivity contribution in [1.29, 1.82) is 0 Å². The quantitative estimate of drug-likeness (QED) is 0.606. The lowest BCUT2D eigenvalue weighted by Crippen LogP contribution is -2.06. The fraction of sp³-hybridized carbons (Fsp3) is 0.200. The number of hydrogen-bond donors (Lipinski definition) is 1. The Labute approximate surface area is 141 Å². The second kappa shape index (κ2) is 6.19. The molecule has 0 saturated heterocycles. The van der Waals surface area contributed by atoms with Crippen LogP contribution >= 0.6 is 34.2 Å². The maximum atomic E-state index is 6.01. The van der Waals surface area contributed by atoms with Gasteiger partial charge in [-0.05, 0) is 58.3 Å². The van der Waals surface area contributed by atoms with Gasteiger partial charge in [-0.1, -0.05) is 18.2 Å². The van der Waals surface area contributed by atoms with Gasteiger partial charge in [-0.3, -0.25) is 0 Å². The normalized spacial score (nSPS) is 12.8. The van der Waals surface area contributed by atoms with Crippen LogP contribution in [0.1, 0.15) is 16.8 Å². The summed E-state index contributed by atoms with van der Waals surface area (Å²) in [4.78, 5) is 8.60. The molecule has 0 unspecified atom stereocenters. The predicted molar refractivity (Wildman–Crippen MR) is 93.1 cm³/mol. The molecule has 6 heteroatoms. The Morgan fingerprint density at radius 3 is 2.76 bits per heavy atom. The fourth-order valence-electron chi connectivity index (χ4n) is 2.21. The van der Waals surface area contributed by atoms with E-state index in [2.05, 4.69) is 44.0 Å². The molecular formula is C15H13ClIN3O. The molecule has 0 atom stereocenters. The van der Waals surface area contributed by atoms with Crippen LogP contribution in [0.25, 0.3) is 3.58 Å². The number of halogens is 2. The number of aromatic nitrogens is 2. The van der Waals surface area contributed by atoms with E-state index in [1.807, 2.05) is 24.3 Å². The molecule has 21 heavy (non-hydrogen) atoms. The highest BCUT2D eigenvalue weighted by atomic mass is 127. The first-order valence-corrected chi connectivity index (χ1v) is 7.92. The SMILES string of the molecule is COc1ccc(CNc2nc(Cl)nc3c2CC=C3I)cc1. The highest BCUT2D eigenvalue weighted by Gasteiger charge is 2.19.